The van der Waals surface area contributed by atoms with Crippen molar-refractivity contribution in [2.45, 2.75) is 31.3 Å². The Morgan fingerprint density at radius 1 is 1.11 bits per heavy atom. The van der Waals surface area contributed by atoms with Crippen LogP contribution in [0, 0.1) is 0 Å². The van der Waals surface area contributed by atoms with Crippen LogP contribution in [0.25, 0.3) is 0 Å². The van der Waals surface area contributed by atoms with E-state index in [9.17, 15) is 4.79 Å². The largest absolute Gasteiger partial charge is 0.494 e. The van der Waals surface area contributed by atoms with Crippen molar-refractivity contribution >= 4 is 5.78 Å². The van der Waals surface area contributed by atoms with Gasteiger partial charge in [0.25, 0.3) is 0 Å². The lowest BCUT2D eigenvalue weighted by Crippen LogP contribution is -2.38. The average molecular weight is 374 g/mol. The normalized spacial score (nSPS) is 23.9. The molecule has 1 aliphatic heterocycles. The number of hydrogen-bond donors (Lipinski definition) is 0. The van der Waals surface area contributed by atoms with Crippen LogP contribution in [-0.2, 0) is 14.3 Å². The summed E-state index contributed by atoms with van der Waals surface area (Å²) in [4.78, 5) is 12.4. The second kappa shape index (κ2) is 7.64. The molecule has 1 aromatic carbocycles. The van der Waals surface area contributed by atoms with Crippen LogP contribution in [0.15, 0.2) is 35.6 Å². The molecule has 1 saturated heterocycles. The number of methoxy groups -OCH3 is 4. The molecule has 2 atom stereocenters. The molecule has 6 nitrogen and oxygen atoms in total. The summed E-state index contributed by atoms with van der Waals surface area (Å²) in [7, 11) is 6.39. The zero-order valence-electron chi connectivity index (χ0n) is 16.5. The lowest BCUT2D eigenvalue weighted by Gasteiger charge is -2.33. The van der Waals surface area contributed by atoms with Crippen LogP contribution in [0.4, 0.5) is 0 Å². The van der Waals surface area contributed by atoms with Crippen LogP contribution in [0.3, 0.4) is 0 Å². The molecule has 146 valence electrons. The molecule has 1 aliphatic carbocycles. The van der Waals surface area contributed by atoms with Crippen LogP contribution in [0.5, 0.6) is 17.2 Å². The van der Waals surface area contributed by atoms with Gasteiger partial charge >= 0.3 is 0 Å². The van der Waals surface area contributed by atoms with Gasteiger partial charge in [0.15, 0.2) is 22.9 Å². The Morgan fingerprint density at radius 3 is 2.30 bits per heavy atom. The lowest BCUT2D eigenvalue weighted by molar-refractivity contribution is -0.112. The molecule has 0 saturated carbocycles. The summed E-state index contributed by atoms with van der Waals surface area (Å²) in [5.74, 6) is 2.06. The monoisotopic (exact) mass is 374 g/mol. The first-order chi connectivity index (χ1) is 13.0. The number of ether oxygens (including phenoxy) is 5. The number of carbonyl (C=O) groups excluding carboxylic acids is 1. The molecule has 1 heterocycles. The van der Waals surface area contributed by atoms with E-state index >= 15 is 0 Å². The Morgan fingerprint density at radius 2 is 1.78 bits per heavy atom. The van der Waals surface area contributed by atoms with E-state index < -0.39 is 5.60 Å². The molecular formula is C21H26O6. The third-order valence-corrected chi connectivity index (χ3v) is 5.22. The highest BCUT2D eigenvalue weighted by Gasteiger charge is 2.51. The van der Waals surface area contributed by atoms with Gasteiger partial charge in [0.2, 0.25) is 5.75 Å². The van der Waals surface area contributed by atoms with Gasteiger partial charge in [-0.1, -0.05) is 13.3 Å². The van der Waals surface area contributed by atoms with Gasteiger partial charge in [-0.15, -0.1) is 0 Å². The maximum Gasteiger partial charge on any atom is 0.203 e. The first-order valence-corrected chi connectivity index (χ1v) is 9.00. The molecule has 6 heteroatoms. The van der Waals surface area contributed by atoms with Gasteiger partial charge in [0, 0.05) is 13.2 Å². The second-order valence-corrected chi connectivity index (χ2v) is 6.61. The highest BCUT2D eigenvalue weighted by molar-refractivity contribution is 6.06. The van der Waals surface area contributed by atoms with Gasteiger partial charge in [0.1, 0.15) is 5.76 Å². The third-order valence-electron chi connectivity index (χ3n) is 5.22. The Kier molecular flexibility index (Phi) is 5.46. The zero-order chi connectivity index (χ0) is 19.6. The summed E-state index contributed by atoms with van der Waals surface area (Å²) in [6.07, 6.45) is 5.08. The summed E-state index contributed by atoms with van der Waals surface area (Å²) < 4.78 is 28.2. The molecule has 3 rings (SSSR count). The standard InChI is InChI=1S/C21H26O6/c1-6-7-13-11-21(26-5)15(12-27-19(21)10-16(13)22)14-8-17(23-2)20(25-4)18(9-14)24-3/h8-11,15H,6-7,12H2,1-5H3. The third kappa shape index (κ3) is 3.08. The fourth-order valence-corrected chi connectivity index (χ4v) is 3.86. The first kappa shape index (κ1) is 19.3. The van der Waals surface area contributed by atoms with E-state index in [1.54, 1.807) is 34.5 Å². The summed E-state index contributed by atoms with van der Waals surface area (Å²) in [6, 6.07) is 3.81. The van der Waals surface area contributed by atoms with Crippen molar-refractivity contribution < 1.29 is 28.5 Å². The summed E-state index contributed by atoms with van der Waals surface area (Å²) >= 11 is 0. The molecule has 0 radical (unpaired) electrons. The van der Waals surface area contributed by atoms with Crippen LogP contribution in [-0.4, -0.2) is 46.4 Å². The Bertz CT molecular complexity index is 769. The van der Waals surface area contributed by atoms with Gasteiger partial charge in [-0.25, -0.2) is 0 Å². The average Bonchev–Trinajstić information content (AvgIpc) is 3.05. The summed E-state index contributed by atoms with van der Waals surface area (Å²) in [6.45, 7) is 2.44. The minimum atomic E-state index is -0.816. The van der Waals surface area contributed by atoms with Crippen LogP contribution in [0.2, 0.25) is 0 Å². The summed E-state index contributed by atoms with van der Waals surface area (Å²) in [5, 5.41) is 0. The fraction of sp³-hybridized carbons (Fsp3) is 0.476. The van der Waals surface area contributed by atoms with Crippen LogP contribution < -0.4 is 14.2 Å². The fourth-order valence-electron chi connectivity index (χ4n) is 3.86. The SMILES string of the molecule is CCCC1=CC2(OC)C(=CC1=O)OCC2c1cc(OC)c(OC)c(OC)c1. The number of ketones is 1. The number of allylic oxidation sites excluding steroid dienone is 2. The highest BCUT2D eigenvalue weighted by Crippen LogP contribution is 2.50. The molecule has 0 amide bonds. The Hall–Kier alpha value is -2.47. The lowest BCUT2D eigenvalue weighted by atomic mass is 9.77. The second-order valence-electron chi connectivity index (χ2n) is 6.61. The van der Waals surface area contributed by atoms with E-state index in [4.69, 9.17) is 23.7 Å². The number of benzene rings is 1. The van der Waals surface area contributed by atoms with Crippen molar-refractivity contribution in [3.8, 4) is 17.2 Å². The molecule has 1 aromatic rings. The number of fused-ring (bicyclic) bond motifs is 1. The minimum Gasteiger partial charge on any atom is -0.494 e. The number of rotatable bonds is 7. The number of hydrogen-bond acceptors (Lipinski definition) is 6. The van der Waals surface area contributed by atoms with E-state index in [0.29, 0.717) is 36.0 Å². The smallest absolute Gasteiger partial charge is 0.203 e. The predicted molar refractivity (Wildman–Crippen MR) is 101 cm³/mol. The molecule has 0 N–H and O–H groups in total. The van der Waals surface area contributed by atoms with E-state index in [1.807, 2.05) is 18.2 Å². The Balaban J connectivity index is 2.12. The van der Waals surface area contributed by atoms with Crippen molar-refractivity contribution in [1.82, 2.24) is 0 Å². The molecule has 0 bridgehead atoms. The maximum atomic E-state index is 12.4. The van der Waals surface area contributed by atoms with Gasteiger partial charge < -0.3 is 23.7 Å². The van der Waals surface area contributed by atoms with Crippen molar-refractivity contribution in [1.29, 1.82) is 0 Å². The molecular weight excluding hydrogens is 348 g/mol. The van der Waals surface area contributed by atoms with E-state index in [2.05, 4.69) is 6.92 Å². The molecule has 1 fully saturated rings. The molecule has 27 heavy (non-hydrogen) atoms. The zero-order valence-corrected chi connectivity index (χ0v) is 16.5. The first-order valence-electron chi connectivity index (χ1n) is 9.00. The Labute approximate surface area is 159 Å². The number of carbonyl (C=O) groups is 1. The topological polar surface area (TPSA) is 63.2 Å². The van der Waals surface area contributed by atoms with Gasteiger partial charge in [-0.2, -0.15) is 0 Å². The van der Waals surface area contributed by atoms with Gasteiger partial charge in [0.05, 0.1) is 33.9 Å². The van der Waals surface area contributed by atoms with Gasteiger partial charge in [-0.05, 0) is 35.8 Å². The quantitative estimate of drug-likeness (QED) is 0.729. The summed E-state index contributed by atoms with van der Waals surface area (Å²) in [5.41, 5.74) is 0.866. The van der Waals surface area contributed by atoms with E-state index in [1.165, 1.54) is 0 Å². The minimum absolute atomic E-state index is 0.00920. The van der Waals surface area contributed by atoms with Crippen LogP contribution >= 0.6 is 0 Å². The van der Waals surface area contributed by atoms with Crippen molar-refractivity contribution in [2.75, 3.05) is 35.0 Å². The van der Waals surface area contributed by atoms with Crippen molar-refractivity contribution in [3.63, 3.8) is 0 Å². The predicted octanol–water partition coefficient (Wildman–Crippen LogP) is 3.40. The van der Waals surface area contributed by atoms with Crippen molar-refractivity contribution in [2.24, 2.45) is 0 Å². The molecule has 0 aromatic heterocycles. The van der Waals surface area contributed by atoms with Crippen molar-refractivity contribution in [3.05, 3.63) is 41.2 Å². The van der Waals surface area contributed by atoms with E-state index in [0.717, 1.165) is 17.6 Å². The molecule has 0 spiro atoms. The van der Waals surface area contributed by atoms with E-state index in [-0.39, 0.29) is 11.7 Å². The molecule has 2 unspecified atom stereocenters. The van der Waals surface area contributed by atoms with Crippen LogP contribution in [0.1, 0.15) is 31.2 Å². The van der Waals surface area contributed by atoms with Gasteiger partial charge in [-0.3, -0.25) is 4.79 Å². The highest BCUT2D eigenvalue weighted by atomic mass is 16.6. The molecule has 2 aliphatic rings. The maximum absolute atomic E-state index is 12.4.